The molecule has 2 heterocycles. The molecule has 7 nitrogen and oxygen atoms in total. The monoisotopic (exact) mass is 389 g/mol. The molecule has 10 heteroatoms. The highest BCUT2D eigenvalue weighted by Gasteiger charge is 2.35. The van der Waals surface area contributed by atoms with Crippen molar-refractivity contribution < 1.29 is 13.2 Å². The average Bonchev–Trinajstić information content (AvgIpc) is 3.07. The zero-order valence-corrected chi connectivity index (χ0v) is 15.5. The quantitative estimate of drug-likeness (QED) is 0.677. The van der Waals surface area contributed by atoms with Crippen LogP contribution in [0.2, 0.25) is 0 Å². The van der Waals surface area contributed by atoms with Crippen LogP contribution in [0.3, 0.4) is 0 Å². The normalized spacial score (nSPS) is 12.0. The minimum Gasteiger partial charge on any atom is -0.370 e. The summed E-state index contributed by atoms with van der Waals surface area (Å²) in [4.78, 5) is 7.77. The van der Waals surface area contributed by atoms with Crippen molar-refractivity contribution in [3.8, 4) is 6.07 Å². The Labute approximate surface area is 159 Å². The van der Waals surface area contributed by atoms with E-state index in [-0.39, 0.29) is 18.3 Å². The van der Waals surface area contributed by atoms with Crippen LogP contribution in [-0.4, -0.2) is 26.3 Å². The van der Waals surface area contributed by atoms with Gasteiger partial charge in [0.15, 0.2) is 0 Å². The second-order valence-electron chi connectivity index (χ2n) is 6.57. The lowest BCUT2D eigenvalue weighted by atomic mass is 10.1. The topological polar surface area (TPSA) is 91.5 Å². The summed E-state index contributed by atoms with van der Waals surface area (Å²) in [7, 11) is 0. The van der Waals surface area contributed by atoms with E-state index in [1.54, 1.807) is 43.8 Å². The molecule has 0 aliphatic heterocycles. The summed E-state index contributed by atoms with van der Waals surface area (Å²) in [6.07, 6.45) is -2.22. The second-order valence-corrected chi connectivity index (χ2v) is 6.57. The second kappa shape index (κ2) is 6.99. The molecule has 3 rings (SSSR count). The van der Waals surface area contributed by atoms with Crippen LogP contribution >= 0.6 is 0 Å². The fourth-order valence-electron chi connectivity index (χ4n) is 2.73. The van der Waals surface area contributed by atoms with E-state index in [9.17, 15) is 18.4 Å². The molecule has 0 fully saturated rings. The van der Waals surface area contributed by atoms with Crippen molar-refractivity contribution in [1.82, 2.24) is 19.7 Å². The van der Waals surface area contributed by atoms with E-state index in [1.165, 1.54) is 0 Å². The largest absolute Gasteiger partial charge is 0.421 e. The summed E-state index contributed by atoms with van der Waals surface area (Å²) in [5.41, 5.74) is -0.513. The van der Waals surface area contributed by atoms with Gasteiger partial charge in [-0.05, 0) is 32.9 Å². The van der Waals surface area contributed by atoms with E-state index in [4.69, 9.17) is 0 Å². The van der Waals surface area contributed by atoms with Gasteiger partial charge >= 0.3 is 6.18 Å². The van der Waals surface area contributed by atoms with Crippen LogP contribution in [0.1, 0.15) is 26.3 Å². The number of benzene rings is 1. The van der Waals surface area contributed by atoms with Crippen molar-refractivity contribution in [3.05, 3.63) is 36.2 Å². The molecule has 3 aromatic rings. The molecule has 0 aliphatic rings. The maximum atomic E-state index is 13.1. The molecule has 0 unspecified atom stereocenters. The standard InChI is InChI=1S/C18H18F3N7/c1-4-23-15-12(18(19,20)21)9-24-16(27-15)26-13-6-5-7-14-11(13)8-25-28(14)17(2,3)10-22/h5-9H,4H2,1-3H3,(H2,23,24,26,27). The summed E-state index contributed by atoms with van der Waals surface area (Å²) < 4.78 is 40.9. The van der Waals surface area contributed by atoms with Crippen molar-refractivity contribution in [1.29, 1.82) is 5.26 Å². The molecule has 0 aliphatic carbocycles. The van der Waals surface area contributed by atoms with Crippen molar-refractivity contribution >= 4 is 28.4 Å². The van der Waals surface area contributed by atoms with Crippen LogP contribution in [0.15, 0.2) is 30.6 Å². The highest BCUT2D eigenvalue weighted by molar-refractivity contribution is 5.93. The van der Waals surface area contributed by atoms with Crippen molar-refractivity contribution in [2.24, 2.45) is 0 Å². The van der Waals surface area contributed by atoms with Gasteiger partial charge in [0.2, 0.25) is 5.95 Å². The number of hydrogen-bond acceptors (Lipinski definition) is 6. The van der Waals surface area contributed by atoms with Gasteiger partial charge in [0, 0.05) is 18.1 Å². The number of fused-ring (bicyclic) bond motifs is 1. The summed E-state index contributed by atoms with van der Waals surface area (Å²) in [6, 6.07) is 7.49. The Kier molecular flexibility index (Phi) is 4.85. The number of nitriles is 1. The molecular weight excluding hydrogens is 371 g/mol. The van der Waals surface area contributed by atoms with Gasteiger partial charge in [0.25, 0.3) is 0 Å². The Balaban J connectivity index is 2.02. The maximum absolute atomic E-state index is 13.1. The molecule has 2 aromatic heterocycles. The highest BCUT2D eigenvalue weighted by atomic mass is 19.4. The number of aromatic nitrogens is 4. The lowest BCUT2D eigenvalue weighted by Crippen LogP contribution is -2.24. The summed E-state index contributed by atoms with van der Waals surface area (Å²) in [5.74, 6) is -0.273. The van der Waals surface area contributed by atoms with E-state index >= 15 is 0 Å². The van der Waals surface area contributed by atoms with Gasteiger partial charge in [-0.1, -0.05) is 6.07 Å². The average molecular weight is 389 g/mol. The van der Waals surface area contributed by atoms with Gasteiger partial charge in [-0.2, -0.15) is 28.5 Å². The molecule has 0 atom stereocenters. The van der Waals surface area contributed by atoms with Gasteiger partial charge in [-0.25, -0.2) is 9.67 Å². The molecule has 28 heavy (non-hydrogen) atoms. The number of rotatable bonds is 5. The smallest absolute Gasteiger partial charge is 0.370 e. The molecule has 1 aromatic carbocycles. The summed E-state index contributed by atoms with van der Waals surface area (Å²) in [5, 5.41) is 19.9. The van der Waals surface area contributed by atoms with Crippen LogP contribution in [0, 0.1) is 11.3 Å². The third-order valence-corrected chi connectivity index (χ3v) is 4.10. The molecule has 0 radical (unpaired) electrons. The molecule has 0 saturated heterocycles. The van der Waals surface area contributed by atoms with Crippen molar-refractivity contribution in [2.45, 2.75) is 32.5 Å². The first-order valence-corrected chi connectivity index (χ1v) is 8.51. The SMILES string of the molecule is CCNc1nc(Nc2cccc3c2cnn3C(C)(C)C#N)ncc1C(F)(F)F. The Hall–Kier alpha value is -3.35. The Morgan fingerprint density at radius 2 is 1.96 bits per heavy atom. The van der Waals surface area contributed by atoms with E-state index in [1.807, 2.05) is 6.07 Å². The van der Waals surface area contributed by atoms with Crippen molar-refractivity contribution in [2.75, 3.05) is 17.2 Å². The van der Waals surface area contributed by atoms with Crippen molar-refractivity contribution in [3.63, 3.8) is 0 Å². The number of nitrogens with one attached hydrogen (secondary N) is 2. The molecule has 0 bridgehead atoms. The number of hydrogen-bond donors (Lipinski definition) is 2. The zero-order valence-electron chi connectivity index (χ0n) is 15.5. The lowest BCUT2D eigenvalue weighted by molar-refractivity contribution is -0.137. The number of anilines is 3. The molecular formula is C18H18F3N7. The van der Waals surface area contributed by atoms with Crippen LogP contribution in [-0.2, 0) is 11.7 Å². The van der Waals surface area contributed by atoms with Gasteiger partial charge in [-0.3, -0.25) is 0 Å². The molecule has 2 N–H and O–H groups in total. The Bertz CT molecular complexity index is 1050. The van der Waals surface area contributed by atoms with E-state index in [0.717, 1.165) is 6.20 Å². The van der Waals surface area contributed by atoms with Crippen LogP contribution in [0.25, 0.3) is 10.9 Å². The molecule has 0 spiro atoms. The highest BCUT2D eigenvalue weighted by Crippen LogP contribution is 2.34. The van der Waals surface area contributed by atoms with Crippen LogP contribution < -0.4 is 10.6 Å². The fourth-order valence-corrected chi connectivity index (χ4v) is 2.73. The van der Waals surface area contributed by atoms with Gasteiger partial charge in [-0.15, -0.1) is 0 Å². The first kappa shape index (κ1) is 19.4. The number of alkyl halides is 3. The van der Waals surface area contributed by atoms with Gasteiger partial charge < -0.3 is 10.6 Å². The zero-order chi connectivity index (χ0) is 20.5. The molecule has 146 valence electrons. The third kappa shape index (κ3) is 3.55. The van der Waals surface area contributed by atoms with Gasteiger partial charge in [0.05, 0.1) is 23.5 Å². The minimum atomic E-state index is -4.56. The van der Waals surface area contributed by atoms with Crippen LogP contribution in [0.4, 0.5) is 30.6 Å². The lowest BCUT2D eigenvalue weighted by Gasteiger charge is -2.17. The van der Waals surface area contributed by atoms with E-state index in [2.05, 4.69) is 31.8 Å². The van der Waals surface area contributed by atoms with Crippen LogP contribution in [0.5, 0.6) is 0 Å². The van der Waals surface area contributed by atoms with E-state index in [0.29, 0.717) is 16.6 Å². The summed E-state index contributed by atoms with van der Waals surface area (Å²) >= 11 is 0. The van der Waals surface area contributed by atoms with Gasteiger partial charge in [0.1, 0.15) is 16.9 Å². The van der Waals surface area contributed by atoms with E-state index < -0.39 is 17.3 Å². The predicted octanol–water partition coefficient (Wildman–Crippen LogP) is 4.28. The minimum absolute atomic E-state index is 0.0174. The molecule has 0 amide bonds. The Morgan fingerprint density at radius 3 is 2.61 bits per heavy atom. The first-order valence-electron chi connectivity index (χ1n) is 8.51. The number of nitrogens with zero attached hydrogens (tertiary/aromatic N) is 5. The predicted molar refractivity (Wildman–Crippen MR) is 99.1 cm³/mol. The Morgan fingerprint density at radius 1 is 1.21 bits per heavy atom. The first-order chi connectivity index (χ1) is 13.2. The summed E-state index contributed by atoms with van der Waals surface area (Å²) in [6.45, 7) is 5.44. The molecule has 0 saturated carbocycles. The maximum Gasteiger partial charge on any atom is 0.421 e. The third-order valence-electron chi connectivity index (χ3n) is 4.10. The fraction of sp³-hybridized carbons (Fsp3) is 0.333. The number of halogens is 3.